The van der Waals surface area contributed by atoms with Crippen LogP contribution in [-0.4, -0.2) is 117 Å². The summed E-state index contributed by atoms with van der Waals surface area (Å²) in [6.45, 7) is 18.2. The largest absolute Gasteiger partial charge is 0.363 e. The molecule has 0 bridgehead atoms. The number of rotatable bonds is 9. The van der Waals surface area contributed by atoms with Crippen LogP contribution >= 0.6 is 47.0 Å². The van der Waals surface area contributed by atoms with Crippen LogP contribution in [0.5, 0.6) is 0 Å². The molecule has 0 aliphatic carbocycles. The summed E-state index contributed by atoms with van der Waals surface area (Å²) in [7, 11) is 0. The van der Waals surface area contributed by atoms with E-state index in [4.69, 9.17) is 9.98 Å². The Morgan fingerprint density at radius 1 is 0.588 bits per heavy atom. The van der Waals surface area contributed by atoms with Gasteiger partial charge in [-0.1, -0.05) is 74.7 Å². The highest BCUT2D eigenvalue weighted by Crippen LogP contribution is 2.25. The van der Waals surface area contributed by atoms with Crippen LogP contribution in [0.25, 0.3) is 0 Å². The maximum Gasteiger partial charge on any atom is 0.159 e. The van der Waals surface area contributed by atoms with Gasteiger partial charge in [0.25, 0.3) is 0 Å². The summed E-state index contributed by atoms with van der Waals surface area (Å²) in [6.07, 6.45) is 0. The van der Waals surface area contributed by atoms with Crippen LogP contribution in [-0.2, 0) is 0 Å². The van der Waals surface area contributed by atoms with Crippen LogP contribution in [0, 0.1) is 0 Å². The summed E-state index contributed by atoms with van der Waals surface area (Å²) in [5.74, 6) is 0. The number of amidine groups is 4. The first kappa shape index (κ1) is 26.3. The second kappa shape index (κ2) is 13.0. The lowest BCUT2D eigenvalue weighted by atomic mass is 10.4. The molecule has 2 N–H and O–H groups in total. The van der Waals surface area contributed by atoms with Gasteiger partial charge in [0.1, 0.15) is 0 Å². The summed E-state index contributed by atoms with van der Waals surface area (Å²) in [5.41, 5.74) is 0. The fourth-order valence-corrected chi connectivity index (χ4v) is 7.57. The van der Waals surface area contributed by atoms with Gasteiger partial charge in [-0.2, -0.15) is 0 Å². The van der Waals surface area contributed by atoms with Crippen molar-refractivity contribution in [3.8, 4) is 0 Å². The average Bonchev–Trinajstić information content (AvgIpc) is 3.59. The van der Waals surface area contributed by atoms with Gasteiger partial charge in [-0.05, 0) is 0 Å². The minimum Gasteiger partial charge on any atom is -0.363 e. The highest BCUT2D eigenvalue weighted by atomic mass is 32.2. The van der Waals surface area contributed by atoms with Crippen molar-refractivity contribution in [3.63, 3.8) is 0 Å². The predicted octanol–water partition coefficient (Wildman–Crippen LogP) is 2.73. The number of nitrogens with zero attached hydrogens (tertiary/aromatic N) is 6. The van der Waals surface area contributed by atoms with E-state index in [2.05, 4.69) is 58.1 Å². The van der Waals surface area contributed by atoms with E-state index in [1.165, 1.54) is 10.3 Å². The molecule has 34 heavy (non-hydrogen) atoms. The molecule has 4 aliphatic rings. The SMILES string of the molecule is CC1CN=C(NCCN(CCN(CCNC2=NCC(C)S2)C2=NCC(C)S2)C2=NCC(C)S2)S1. The van der Waals surface area contributed by atoms with Crippen molar-refractivity contribution in [2.24, 2.45) is 20.0 Å². The van der Waals surface area contributed by atoms with Crippen molar-refractivity contribution in [2.45, 2.75) is 48.7 Å². The van der Waals surface area contributed by atoms with E-state index in [1.54, 1.807) is 0 Å². The van der Waals surface area contributed by atoms with Crippen LogP contribution in [0.2, 0.25) is 0 Å². The van der Waals surface area contributed by atoms with Crippen LogP contribution in [0.15, 0.2) is 20.0 Å². The Hall–Kier alpha value is -0.720. The van der Waals surface area contributed by atoms with E-state index in [0.717, 1.165) is 75.8 Å². The van der Waals surface area contributed by atoms with Gasteiger partial charge in [0.05, 0.1) is 26.2 Å². The fourth-order valence-electron chi connectivity index (χ4n) is 3.86. The van der Waals surface area contributed by atoms with Crippen molar-refractivity contribution in [2.75, 3.05) is 65.4 Å². The van der Waals surface area contributed by atoms with E-state index in [1.807, 2.05) is 47.0 Å². The molecular weight excluding hydrogens is 505 g/mol. The molecule has 0 aromatic rings. The molecule has 8 nitrogen and oxygen atoms in total. The third-order valence-electron chi connectivity index (χ3n) is 5.69. The van der Waals surface area contributed by atoms with Crippen molar-refractivity contribution >= 4 is 67.7 Å². The highest BCUT2D eigenvalue weighted by molar-refractivity contribution is 8.15. The minimum absolute atomic E-state index is 0.559. The van der Waals surface area contributed by atoms with Crippen LogP contribution in [0.4, 0.5) is 0 Å². The second-order valence-corrected chi connectivity index (χ2v) is 14.7. The Kier molecular flexibility index (Phi) is 10.1. The molecule has 0 aromatic carbocycles. The van der Waals surface area contributed by atoms with Gasteiger partial charge in [0.15, 0.2) is 20.7 Å². The number of hydrogen-bond donors (Lipinski definition) is 2. The van der Waals surface area contributed by atoms with Gasteiger partial charge in [-0.3, -0.25) is 20.0 Å². The molecule has 4 heterocycles. The average molecular weight is 543 g/mol. The Labute approximate surface area is 221 Å². The number of nitrogens with one attached hydrogen (secondary N) is 2. The molecule has 4 rings (SSSR count). The molecule has 0 aromatic heterocycles. The molecule has 0 radical (unpaired) electrons. The molecular formula is C22H38N8S4. The zero-order valence-electron chi connectivity index (χ0n) is 20.7. The highest BCUT2D eigenvalue weighted by Gasteiger charge is 2.25. The molecule has 0 saturated carbocycles. The Bertz CT molecular complexity index is 751. The first-order valence-electron chi connectivity index (χ1n) is 12.3. The summed E-state index contributed by atoms with van der Waals surface area (Å²) in [4.78, 5) is 23.8. The maximum absolute atomic E-state index is 4.85. The smallest absolute Gasteiger partial charge is 0.159 e. The quantitative estimate of drug-likeness (QED) is 0.461. The molecule has 4 aliphatic heterocycles. The Balaban J connectivity index is 1.31. The lowest BCUT2D eigenvalue weighted by molar-refractivity contribution is 0.349. The summed E-state index contributed by atoms with van der Waals surface area (Å²) in [5, 5.41) is 13.9. The van der Waals surface area contributed by atoms with Crippen molar-refractivity contribution in [1.29, 1.82) is 0 Å². The Morgan fingerprint density at radius 3 is 1.29 bits per heavy atom. The molecule has 0 fully saturated rings. The monoisotopic (exact) mass is 542 g/mol. The number of aliphatic imine (C=N–C) groups is 4. The van der Waals surface area contributed by atoms with E-state index in [0.29, 0.717) is 21.0 Å². The normalized spacial score (nSPS) is 28.5. The van der Waals surface area contributed by atoms with E-state index in [9.17, 15) is 0 Å². The van der Waals surface area contributed by atoms with Gasteiger partial charge < -0.3 is 20.4 Å². The van der Waals surface area contributed by atoms with E-state index >= 15 is 0 Å². The molecule has 0 spiro atoms. The summed E-state index contributed by atoms with van der Waals surface area (Å²) < 4.78 is 0. The summed E-state index contributed by atoms with van der Waals surface area (Å²) >= 11 is 7.50. The third kappa shape index (κ3) is 7.89. The van der Waals surface area contributed by atoms with E-state index in [-0.39, 0.29) is 0 Å². The minimum atomic E-state index is 0.559. The van der Waals surface area contributed by atoms with Crippen LogP contribution < -0.4 is 10.6 Å². The van der Waals surface area contributed by atoms with Crippen molar-refractivity contribution in [3.05, 3.63) is 0 Å². The van der Waals surface area contributed by atoms with Crippen molar-refractivity contribution in [1.82, 2.24) is 20.4 Å². The molecule has 4 unspecified atom stereocenters. The van der Waals surface area contributed by atoms with Crippen LogP contribution in [0.1, 0.15) is 27.7 Å². The molecule has 4 atom stereocenters. The standard InChI is InChI=1S/C22H38N8S4/c1-15-11-25-19(31-15)23-5-7-29(21-27-13-17(3)33-21)9-10-30(22-28-14-18(4)34-22)8-6-24-20-26-12-16(2)32-20/h15-18H,5-14H2,1-4H3,(H,23,25)(H,24,26). The summed E-state index contributed by atoms with van der Waals surface area (Å²) in [6, 6.07) is 0. The zero-order valence-corrected chi connectivity index (χ0v) is 24.0. The van der Waals surface area contributed by atoms with Crippen LogP contribution in [0.3, 0.4) is 0 Å². The molecule has 12 heteroatoms. The predicted molar refractivity (Wildman–Crippen MR) is 157 cm³/mol. The van der Waals surface area contributed by atoms with E-state index < -0.39 is 0 Å². The topological polar surface area (TPSA) is 80.0 Å². The van der Waals surface area contributed by atoms with Crippen molar-refractivity contribution < 1.29 is 0 Å². The first-order chi connectivity index (χ1) is 16.5. The maximum atomic E-state index is 4.85. The Morgan fingerprint density at radius 2 is 0.971 bits per heavy atom. The molecule has 0 saturated heterocycles. The van der Waals surface area contributed by atoms with Gasteiger partial charge in [-0.15, -0.1) is 0 Å². The van der Waals surface area contributed by atoms with Gasteiger partial charge >= 0.3 is 0 Å². The van der Waals surface area contributed by atoms with Gasteiger partial charge in [-0.25, -0.2) is 0 Å². The van der Waals surface area contributed by atoms with Gasteiger partial charge in [0.2, 0.25) is 0 Å². The number of thioether (sulfide) groups is 4. The van der Waals surface area contributed by atoms with Gasteiger partial charge in [0, 0.05) is 60.3 Å². The number of hydrogen-bond acceptors (Lipinski definition) is 12. The zero-order chi connectivity index (χ0) is 23.9. The lowest BCUT2D eigenvalue weighted by Crippen LogP contribution is -2.44. The molecule has 0 amide bonds. The fraction of sp³-hybridized carbons (Fsp3) is 0.818. The molecule has 190 valence electrons. The second-order valence-electron chi connectivity index (χ2n) is 9.08. The lowest BCUT2D eigenvalue weighted by Gasteiger charge is -2.30. The first-order valence-corrected chi connectivity index (χ1v) is 15.8. The third-order valence-corrected chi connectivity index (χ3v) is 10.1.